The van der Waals surface area contributed by atoms with Crippen LogP contribution in [-0.2, 0) is 4.74 Å². The minimum Gasteiger partial charge on any atom is -0.444 e. The van der Waals surface area contributed by atoms with Crippen LogP contribution in [0.15, 0.2) is 24.3 Å². The van der Waals surface area contributed by atoms with Gasteiger partial charge >= 0.3 is 6.09 Å². The lowest BCUT2D eigenvalue weighted by Gasteiger charge is -2.19. The monoisotopic (exact) mass is 296 g/mol. The van der Waals surface area contributed by atoms with Gasteiger partial charge in [0.15, 0.2) is 0 Å². The van der Waals surface area contributed by atoms with Crippen molar-refractivity contribution in [3.05, 3.63) is 35.6 Å². The molecule has 0 heterocycles. The van der Waals surface area contributed by atoms with E-state index in [0.29, 0.717) is 25.1 Å². The van der Waals surface area contributed by atoms with Crippen molar-refractivity contribution in [2.45, 2.75) is 32.8 Å². The van der Waals surface area contributed by atoms with Crippen LogP contribution in [0, 0.1) is 5.82 Å². The fraction of sp³-hybridized carbons (Fsp3) is 0.467. The number of nitrogens with one attached hydrogen (secondary N) is 2. The van der Waals surface area contributed by atoms with Gasteiger partial charge in [-0.3, -0.25) is 4.79 Å². The number of carbonyl (C=O) groups is 2. The Bertz CT molecular complexity index is 481. The van der Waals surface area contributed by atoms with E-state index in [1.165, 1.54) is 24.3 Å². The molecule has 0 unspecified atom stereocenters. The molecular formula is C15H21FN2O3. The van der Waals surface area contributed by atoms with Gasteiger partial charge in [-0.05, 0) is 51.5 Å². The number of rotatable bonds is 5. The molecule has 0 aliphatic rings. The lowest BCUT2D eigenvalue weighted by atomic mass is 10.2. The topological polar surface area (TPSA) is 67.4 Å². The largest absolute Gasteiger partial charge is 0.444 e. The molecule has 1 aromatic rings. The Labute approximate surface area is 123 Å². The highest BCUT2D eigenvalue weighted by Gasteiger charge is 2.15. The predicted molar refractivity (Wildman–Crippen MR) is 77.6 cm³/mol. The lowest BCUT2D eigenvalue weighted by molar-refractivity contribution is 0.0527. The molecule has 5 nitrogen and oxygen atoms in total. The van der Waals surface area contributed by atoms with Gasteiger partial charge in [-0.15, -0.1) is 0 Å². The van der Waals surface area contributed by atoms with Crippen LogP contribution < -0.4 is 10.6 Å². The van der Waals surface area contributed by atoms with E-state index in [0.717, 1.165) is 0 Å². The fourth-order valence-corrected chi connectivity index (χ4v) is 1.50. The van der Waals surface area contributed by atoms with E-state index in [9.17, 15) is 14.0 Å². The zero-order chi connectivity index (χ0) is 15.9. The van der Waals surface area contributed by atoms with Gasteiger partial charge in [-0.25, -0.2) is 9.18 Å². The number of alkyl carbamates (subject to hydrolysis) is 1. The molecule has 0 bridgehead atoms. The van der Waals surface area contributed by atoms with Gasteiger partial charge < -0.3 is 15.4 Å². The van der Waals surface area contributed by atoms with E-state index in [1.807, 2.05) is 0 Å². The van der Waals surface area contributed by atoms with E-state index >= 15 is 0 Å². The number of hydrogen-bond acceptors (Lipinski definition) is 3. The van der Waals surface area contributed by atoms with Crippen molar-refractivity contribution in [1.29, 1.82) is 0 Å². The number of hydrogen-bond donors (Lipinski definition) is 2. The van der Waals surface area contributed by atoms with Gasteiger partial charge in [-0.2, -0.15) is 0 Å². The number of ether oxygens (including phenoxy) is 1. The summed E-state index contributed by atoms with van der Waals surface area (Å²) >= 11 is 0. The highest BCUT2D eigenvalue weighted by Crippen LogP contribution is 2.06. The molecular weight excluding hydrogens is 275 g/mol. The molecule has 0 aliphatic heterocycles. The standard InChI is InChI=1S/C15H21FN2O3/c1-15(2,3)21-14(20)18-10-4-9-17-13(19)11-5-7-12(16)8-6-11/h5-8H,4,9-10H2,1-3H3,(H,17,19)(H,18,20). The van der Waals surface area contributed by atoms with Crippen molar-refractivity contribution in [3.8, 4) is 0 Å². The van der Waals surface area contributed by atoms with Crippen LogP contribution in [0.3, 0.4) is 0 Å². The maximum Gasteiger partial charge on any atom is 0.407 e. The molecule has 0 aliphatic carbocycles. The normalized spacial score (nSPS) is 10.9. The molecule has 2 N–H and O–H groups in total. The summed E-state index contributed by atoms with van der Waals surface area (Å²) in [4.78, 5) is 23.0. The van der Waals surface area contributed by atoms with E-state index in [2.05, 4.69) is 10.6 Å². The van der Waals surface area contributed by atoms with E-state index in [4.69, 9.17) is 4.74 Å². The van der Waals surface area contributed by atoms with Gasteiger partial charge in [0.05, 0.1) is 0 Å². The first-order valence-electron chi connectivity index (χ1n) is 6.78. The average molecular weight is 296 g/mol. The summed E-state index contributed by atoms with van der Waals surface area (Å²) in [5.74, 6) is -0.652. The summed E-state index contributed by atoms with van der Waals surface area (Å²) in [6, 6.07) is 5.31. The lowest BCUT2D eigenvalue weighted by Crippen LogP contribution is -2.34. The molecule has 0 saturated heterocycles. The predicted octanol–water partition coefficient (Wildman–Crippen LogP) is 2.47. The summed E-state index contributed by atoms with van der Waals surface area (Å²) < 4.78 is 17.8. The number of halogens is 1. The Morgan fingerprint density at radius 2 is 1.67 bits per heavy atom. The number of benzene rings is 1. The molecule has 0 atom stereocenters. The third-order valence-corrected chi connectivity index (χ3v) is 2.41. The second-order valence-corrected chi connectivity index (χ2v) is 5.55. The Hall–Kier alpha value is -2.11. The minimum absolute atomic E-state index is 0.271. The highest BCUT2D eigenvalue weighted by molar-refractivity contribution is 5.94. The molecule has 1 rings (SSSR count). The average Bonchev–Trinajstić information content (AvgIpc) is 2.36. The number of amides is 2. The third kappa shape index (κ3) is 7.29. The van der Waals surface area contributed by atoms with Crippen molar-refractivity contribution in [2.24, 2.45) is 0 Å². The first-order chi connectivity index (χ1) is 9.78. The summed E-state index contributed by atoms with van der Waals surface area (Å²) in [6.07, 6.45) is 0.0963. The molecule has 0 fully saturated rings. The van der Waals surface area contributed by atoms with Gasteiger partial charge in [0.25, 0.3) is 5.91 Å². The van der Waals surface area contributed by atoms with E-state index < -0.39 is 11.7 Å². The molecule has 0 spiro atoms. The van der Waals surface area contributed by atoms with Crippen LogP contribution in [0.2, 0.25) is 0 Å². The Morgan fingerprint density at radius 3 is 2.24 bits per heavy atom. The van der Waals surface area contributed by atoms with Crippen molar-refractivity contribution in [3.63, 3.8) is 0 Å². The summed E-state index contributed by atoms with van der Waals surface area (Å²) in [5.41, 5.74) is -0.127. The zero-order valence-corrected chi connectivity index (χ0v) is 12.5. The van der Waals surface area contributed by atoms with Crippen LogP contribution >= 0.6 is 0 Å². The second-order valence-electron chi connectivity index (χ2n) is 5.55. The summed E-state index contributed by atoms with van der Waals surface area (Å²) in [7, 11) is 0. The molecule has 0 radical (unpaired) electrons. The molecule has 0 aromatic heterocycles. The van der Waals surface area contributed by atoms with Crippen molar-refractivity contribution >= 4 is 12.0 Å². The second kappa shape index (κ2) is 7.61. The third-order valence-electron chi connectivity index (χ3n) is 2.41. The van der Waals surface area contributed by atoms with Gasteiger partial charge in [0.2, 0.25) is 0 Å². The molecule has 1 aromatic carbocycles. The van der Waals surface area contributed by atoms with Crippen LogP contribution in [0.1, 0.15) is 37.6 Å². The summed E-state index contributed by atoms with van der Waals surface area (Å²) in [6.45, 7) is 6.17. The summed E-state index contributed by atoms with van der Waals surface area (Å²) in [5, 5.41) is 5.29. The molecule has 0 saturated carbocycles. The van der Waals surface area contributed by atoms with E-state index in [1.54, 1.807) is 20.8 Å². The molecule has 2 amide bonds. The van der Waals surface area contributed by atoms with Gasteiger partial charge in [0.1, 0.15) is 11.4 Å². The quantitative estimate of drug-likeness (QED) is 0.820. The molecule has 21 heavy (non-hydrogen) atoms. The van der Waals surface area contributed by atoms with Crippen LogP contribution in [-0.4, -0.2) is 30.7 Å². The van der Waals surface area contributed by atoms with Crippen molar-refractivity contribution < 1.29 is 18.7 Å². The Morgan fingerprint density at radius 1 is 1.10 bits per heavy atom. The number of carbonyl (C=O) groups excluding carboxylic acids is 2. The van der Waals surface area contributed by atoms with Crippen LogP contribution in [0.5, 0.6) is 0 Å². The van der Waals surface area contributed by atoms with Gasteiger partial charge in [0, 0.05) is 18.7 Å². The minimum atomic E-state index is -0.527. The highest BCUT2D eigenvalue weighted by atomic mass is 19.1. The van der Waals surface area contributed by atoms with Gasteiger partial charge in [-0.1, -0.05) is 0 Å². The first kappa shape index (κ1) is 16.9. The first-order valence-corrected chi connectivity index (χ1v) is 6.78. The molecule has 6 heteroatoms. The smallest absolute Gasteiger partial charge is 0.407 e. The van der Waals surface area contributed by atoms with Crippen molar-refractivity contribution in [1.82, 2.24) is 10.6 Å². The van der Waals surface area contributed by atoms with Crippen LogP contribution in [0.4, 0.5) is 9.18 Å². The maximum absolute atomic E-state index is 12.7. The van der Waals surface area contributed by atoms with Crippen molar-refractivity contribution in [2.75, 3.05) is 13.1 Å². The fourth-order valence-electron chi connectivity index (χ4n) is 1.50. The molecule has 116 valence electrons. The van der Waals surface area contributed by atoms with Crippen LogP contribution in [0.25, 0.3) is 0 Å². The Balaban J connectivity index is 2.18. The maximum atomic E-state index is 12.7. The zero-order valence-electron chi connectivity index (χ0n) is 12.5. The van der Waals surface area contributed by atoms with E-state index in [-0.39, 0.29) is 11.7 Å². The SMILES string of the molecule is CC(C)(C)OC(=O)NCCCNC(=O)c1ccc(F)cc1. The Kier molecular flexibility index (Phi) is 6.14.